The molecule has 0 aliphatic heterocycles. The highest BCUT2D eigenvalue weighted by Gasteiger charge is 2.18. The van der Waals surface area contributed by atoms with E-state index in [1.807, 2.05) is 30.3 Å². The molecule has 0 amide bonds. The van der Waals surface area contributed by atoms with Gasteiger partial charge in [-0.2, -0.15) is 0 Å². The Kier molecular flexibility index (Phi) is 3.16. The maximum Gasteiger partial charge on any atom is 0.355 e. The third-order valence-electron chi connectivity index (χ3n) is 2.92. The molecule has 0 fully saturated rings. The molecule has 20 heavy (non-hydrogen) atoms. The number of rotatable bonds is 3. The molecule has 3 rings (SSSR count). The quantitative estimate of drug-likeness (QED) is 0.684. The molecule has 0 aromatic carbocycles. The number of aromatic nitrogens is 3. The van der Waals surface area contributed by atoms with Crippen LogP contribution in [0.3, 0.4) is 0 Å². The Morgan fingerprint density at radius 1 is 1.20 bits per heavy atom. The molecule has 0 saturated heterocycles. The summed E-state index contributed by atoms with van der Waals surface area (Å²) in [4.78, 5) is 20.7. The van der Waals surface area contributed by atoms with Crippen LogP contribution in [0.4, 0.5) is 0 Å². The molecule has 3 aromatic heterocycles. The second-order valence-electron chi connectivity index (χ2n) is 4.19. The van der Waals surface area contributed by atoms with E-state index >= 15 is 0 Å². The standard InChI is InChI=1S/C15H13N3O2/c1-2-20-15(19)12-10-11-6-5-9-17-14(11)18(12)13-7-3-4-8-16-13/h3-10H,2H2,1H3. The summed E-state index contributed by atoms with van der Waals surface area (Å²) in [6.45, 7) is 2.11. The van der Waals surface area contributed by atoms with Crippen LogP contribution in [0.5, 0.6) is 0 Å². The molecule has 0 saturated carbocycles. The zero-order chi connectivity index (χ0) is 13.9. The molecule has 5 nitrogen and oxygen atoms in total. The SMILES string of the molecule is CCOC(=O)c1cc2cccnc2n1-c1ccccn1. The molecule has 0 aliphatic carbocycles. The van der Waals surface area contributed by atoms with Crippen LogP contribution in [0, 0.1) is 0 Å². The normalized spacial score (nSPS) is 10.7. The van der Waals surface area contributed by atoms with E-state index in [1.165, 1.54) is 0 Å². The summed E-state index contributed by atoms with van der Waals surface area (Å²) >= 11 is 0. The van der Waals surface area contributed by atoms with Crippen LogP contribution in [0.1, 0.15) is 17.4 Å². The zero-order valence-corrected chi connectivity index (χ0v) is 11.0. The highest BCUT2D eigenvalue weighted by atomic mass is 16.5. The Morgan fingerprint density at radius 2 is 2.05 bits per heavy atom. The van der Waals surface area contributed by atoms with E-state index in [0.717, 1.165) is 5.39 Å². The van der Waals surface area contributed by atoms with Crippen molar-refractivity contribution in [2.24, 2.45) is 0 Å². The van der Waals surface area contributed by atoms with Gasteiger partial charge < -0.3 is 4.74 Å². The van der Waals surface area contributed by atoms with Crippen LogP contribution in [0.25, 0.3) is 16.9 Å². The first kappa shape index (κ1) is 12.3. The number of carbonyl (C=O) groups is 1. The summed E-state index contributed by atoms with van der Waals surface area (Å²) in [7, 11) is 0. The molecular weight excluding hydrogens is 254 g/mol. The molecule has 5 heteroatoms. The van der Waals surface area contributed by atoms with Gasteiger partial charge in [-0.25, -0.2) is 14.8 Å². The van der Waals surface area contributed by atoms with Crippen molar-refractivity contribution in [2.45, 2.75) is 6.92 Å². The first-order chi connectivity index (χ1) is 9.81. The van der Waals surface area contributed by atoms with Crippen molar-refractivity contribution < 1.29 is 9.53 Å². The van der Waals surface area contributed by atoms with Gasteiger partial charge in [-0.1, -0.05) is 6.07 Å². The van der Waals surface area contributed by atoms with Gasteiger partial charge in [-0.15, -0.1) is 0 Å². The topological polar surface area (TPSA) is 57.0 Å². The van der Waals surface area contributed by atoms with Gasteiger partial charge in [-0.3, -0.25) is 4.57 Å². The highest BCUT2D eigenvalue weighted by molar-refractivity contribution is 5.95. The summed E-state index contributed by atoms with van der Waals surface area (Å²) in [5.41, 5.74) is 1.12. The van der Waals surface area contributed by atoms with Crippen molar-refractivity contribution in [1.29, 1.82) is 0 Å². The van der Waals surface area contributed by atoms with E-state index < -0.39 is 0 Å². The van der Waals surface area contributed by atoms with Crippen LogP contribution < -0.4 is 0 Å². The van der Waals surface area contributed by atoms with Gasteiger partial charge >= 0.3 is 5.97 Å². The summed E-state index contributed by atoms with van der Waals surface area (Å²) in [5, 5.41) is 0.876. The number of ether oxygens (including phenoxy) is 1. The molecule has 3 aromatic rings. The molecule has 0 radical (unpaired) electrons. The maximum absolute atomic E-state index is 12.1. The van der Waals surface area contributed by atoms with E-state index in [-0.39, 0.29) is 5.97 Å². The van der Waals surface area contributed by atoms with E-state index in [2.05, 4.69) is 9.97 Å². The van der Waals surface area contributed by atoms with Gasteiger partial charge in [-0.05, 0) is 37.3 Å². The van der Waals surface area contributed by atoms with Crippen LogP contribution >= 0.6 is 0 Å². The summed E-state index contributed by atoms with van der Waals surface area (Å²) in [6, 6.07) is 11.0. The lowest BCUT2D eigenvalue weighted by molar-refractivity contribution is 0.0517. The number of fused-ring (bicyclic) bond motifs is 1. The fourth-order valence-electron chi connectivity index (χ4n) is 2.11. The third-order valence-corrected chi connectivity index (χ3v) is 2.92. The van der Waals surface area contributed by atoms with Gasteiger partial charge in [0.25, 0.3) is 0 Å². The van der Waals surface area contributed by atoms with E-state index in [9.17, 15) is 4.79 Å². The molecular formula is C15H13N3O2. The fourth-order valence-corrected chi connectivity index (χ4v) is 2.11. The predicted octanol–water partition coefficient (Wildman–Crippen LogP) is 2.60. The molecule has 0 atom stereocenters. The van der Waals surface area contributed by atoms with Crippen molar-refractivity contribution in [3.63, 3.8) is 0 Å². The second kappa shape index (κ2) is 5.13. The van der Waals surface area contributed by atoms with Crippen LogP contribution in [-0.4, -0.2) is 27.1 Å². The molecule has 0 N–H and O–H groups in total. The molecule has 0 aliphatic rings. The number of hydrogen-bond donors (Lipinski definition) is 0. The van der Waals surface area contributed by atoms with Crippen LogP contribution in [0.15, 0.2) is 48.8 Å². The lowest BCUT2D eigenvalue weighted by Gasteiger charge is -2.08. The third kappa shape index (κ3) is 2.03. The van der Waals surface area contributed by atoms with Crippen LogP contribution in [0.2, 0.25) is 0 Å². The van der Waals surface area contributed by atoms with Crippen molar-refractivity contribution in [1.82, 2.24) is 14.5 Å². The first-order valence-corrected chi connectivity index (χ1v) is 6.36. The maximum atomic E-state index is 12.1. The number of nitrogens with zero attached hydrogens (tertiary/aromatic N) is 3. The second-order valence-corrected chi connectivity index (χ2v) is 4.19. The number of pyridine rings is 2. The molecule has 100 valence electrons. The molecule has 0 unspecified atom stereocenters. The van der Waals surface area contributed by atoms with Gasteiger partial charge in [0.2, 0.25) is 0 Å². The Balaban J connectivity index is 2.26. The summed E-state index contributed by atoms with van der Waals surface area (Å²) in [6.07, 6.45) is 3.37. The van der Waals surface area contributed by atoms with Gasteiger partial charge in [0.05, 0.1) is 6.61 Å². The molecule has 0 bridgehead atoms. The van der Waals surface area contributed by atoms with Gasteiger partial charge in [0.1, 0.15) is 17.2 Å². The largest absolute Gasteiger partial charge is 0.461 e. The lowest BCUT2D eigenvalue weighted by atomic mass is 10.3. The van der Waals surface area contributed by atoms with Gasteiger partial charge in [0.15, 0.2) is 0 Å². The van der Waals surface area contributed by atoms with E-state index in [1.54, 1.807) is 30.0 Å². The van der Waals surface area contributed by atoms with Gasteiger partial charge in [0, 0.05) is 17.8 Å². The fraction of sp³-hybridized carbons (Fsp3) is 0.133. The smallest absolute Gasteiger partial charge is 0.355 e. The molecule has 0 spiro atoms. The number of carbonyl (C=O) groups excluding carboxylic acids is 1. The number of esters is 1. The average molecular weight is 267 g/mol. The van der Waals surface area contributed by atoms with Crippen LogP contribution in [-0.2, 0) is 4.74 Å². The Bertz CT molecular complexity index is 750. The molecule has 3 heterocycles. The average Bonchev–Trinajstić information content (AvgIpc) is 2.88. The Labute approximate surface area is 115 Å². The van der Waals surface area contributed by atoms with Crippen molar-refractivity contribution >= 4 is 17.0 Å². The van der Waals surface area contributed by atoms with Crippen molar-refractivity contribution in [3.05, 3.63) is 54.5 Å². The summed E-state index contributed by atoms with van der Waals surface area (Å²) in [5.74, 6) is 0.264. The predicted molar refractivity (Wildman–Crippen MR) is 74.8 cm³/mol. The minimum atomic E-state index is -0.379. The zero-order valence-electron chi connectivity index (χ0n) is 11.0. The minimum absolute atomic E-state index is 0.329. The lowest BCUT2D eigenvalue weighted by Crippen LogP contribution is -2.12. The first-order valence-electron chi connectivity index (χ1n) is 6.36. The van der Waals surface area contributed by atoms with E-state index in [0.29, 0.717) is 23.8 Å². The summed E-state index contributed by atoms with van der Waals surface area (Å²) < 4.78 is 6.82. The van der Waals surface area contributed by atoms with E-state index in [4.69, 9.17) is 4.74 Å². The minimum Gasteiger partial charge on any atom is -0.461 e. The van der Waals surface area contributed by atoms with Crippen molar-refractivity contribution in [3.8, 4) is 5.82 Å². The monoisotopic (exact) mass is 267 g/mol. The Morgan fingerprint density at radius 3 is 2.80 bits per heavy atom. The Hall–Kier alpha value is -2.69. The highest BCUT2D eigenvalue weighted by Crippen LogP contribution is 2.22. The number of hydrogen-bond acceptors (Lipinski definition) is 4. The van der Waals surface area contributed by atoms with Crippen molar-refractivity contribution in [2.75, 3.05) is 6.61 Å².